The molecule has 1 aliphatic rings. The summed E-state index contributed by atoms with van der Waals surface area (Å²) < 4.78 is 48.6. The van der Waals surface area contributed by atoms with Crippen LogP contribution in [0.2, 0.25) is 5.02 Å². The number of rotatable bonds is 8. The van der Waals surface area contributed by atoms with Crippen LogP contribution in [-0.2, 0) is 26.1 Å². The summed E-state index contributed by atoms with van der Waals surface area (Å²) in [5.74, 6) is 0.548. The summed E-state index contributed by atoms with van der Waals surface area (Å²) >= 11 is 5.94. The Labute approximate surface area is 172 Å². The normalized spacial score (nSPS) is 14.8. The van der Waals surface area contributed by atoms with Gasteiger partial charge in [-0.1, -0.05) is 23.7 Å². The lowest BCUT2D eigenvalue weighted by molar-refractivity contribution is 0.599. The molecule has 0 bridgehead atoms. The van der Waals surface area contributed by atoms with Gasteiger partial charge in [0.05, 0.1) is 15.5 Å². The van der Waals surface area contributed by atoms with E-state index in [1.165, 1.54) is 12.1 Å². The van der Waals surface area contributed by atoms with Gasteiger partial charge in [-0.25, -0.2) is 16.8 Å². The van der Waals surface area contributed by atoms with Crippen LogP contribution in [0.4, 0.5) is 5.69 Å². The zero-order chi connectivity index (χ0) is 20.5. The Morgan fingerprint density at radius 3 is 2.14 bits per heavy atom. The van der Waals surface area contributed by atoms with E-state index in [4.69, 9.17) is 11.6 Å². The van der Waals surface area contributed by atoms with Crippen molar-refractivity contribution in [3.8, 4) is 0 Å². The largest absolute Gasteiger partial charge is 0.370 e. The Hall–Kier alpha value is -1.57. The standard InChI is InChI=1S/C20H24ClNO4S2/c1-27(23,24)18-9-10-19(20(13-18)28(2,25)26)22(14-16-3-4-16)12-11-15-5-7-17(21)8-6-15/h5-10,13,16H,3-4,11-12,14H2,1-2H3. The van der Waals surface area contributed by atoms with E-state index in [2.05, 4.69) is 4.90 Å². The van der Waals surface area contributed by atoms with Crippen molar-refractivity contribution in [1.29, 1.82) is 0 Å². The molecule has 0 aromatic heterocycles. The first-order valence-corrected chi connectivity index (χ1v) is 13.2. The third-order valence-electron chi connectivity index (χ3n) is 4.86. The minimum Gasteiger partial charge on any atom is -0.370 e. The molecule has 0 aliphatic heterocycles. The Bertz CT molecular complexity index is 1060. The predicted molar refractivity (Wildman–Crippen MR) is 113 cm³/mol. The van der Waals surface area contributed by atoms with Crippen LogP contribution in [0, 0.1) is 5.92 Å². The molecule has 8 heteroatoms. The van der Waals surface area contributed by atoms with Crippen LogP contribution in [-0.4, -0.2) is 42.4 Å². The number of hydrogen-bond acceptors (Lipinski definition) is 5. The second kappa shape index (κ2) is 8.05. The Morgan fingerprint density at radius 2 is 1.61 bits per heavy atom. The minimum absolute atomic E-state index is 0.0146. The highest BCUT2D eigenvalue weighted by atomic mass is 35.5. The van der Waals surface area contributed by atoms with Crippen molar-refractivity contribution < 1.29 is 16.8 Å². The molecule has 0 atom stereocenters. The van der Waals surface area contributed by atoms with Crippen LogP contribution in [0.25, 0.3) is 0 Å². The van der Waals surface area contributed by atoms with Crippen LogP contribution in [0.15, 0.2) is 52.3 Å². The zero-order valence-electron chi connectivity index (χ0n) is 15.9. The highest BCUT2D eigenvalue weighted by molar-refractivity contribution is 7.91. The van der Waals surface area contributed by atoms with E-state index in [0.29, 0.717) is 23.2 Å². The first-order valence-electron chi connectivity index (χ1n) is 9.07. The predicted octanol–water partition coefficient (Wildman–Crippen LogP) is 3.61. The molecule has 2 aromatic carbocycles. The molecule has 2 aromatic rings. The van der Waals surface area contributed by atoms with Gasteiger partial charge in [-0.2, -0.15) is 0 Å². The quantitative estimate of drug-likeness (QED) is 0.625. The van der Waals surface area contributed by atoms with Crippen molar-refractivity contribution in [2.24, 2.45) is 5.92 Å². The number of sulfone groups is 2. The van der Waals surface area contributed by atoms with Gasteiger partial charge in [-0.15, -0.1) is 0 Å². The fourth-order valence-corrected chi connectivity index (χ4v) is 4.89. The first-order chi connectivity index (χ1) is 13.0. The molecule has 0 amide bonds. The second-order valence-corrected chi connectivity index (χ2v) is 11.9. The number of halogens is 1. The average Bonchev–Trinajstić information content (AvgIpc) is 3.42. The lowest BCUT2D eigenvalue weighted by atomic mass is 10.1. The lowest BCUT2D eigenvalue weighted by Gasteiger charge is -2.27. The molecule has 0 unspecified atom stereocenters. The fraction of sp³-hybridized carbons (Fsp3) is 0.400. The first kappa shape index (κ1) is 21.1. The summed E-state index contributed by atoms with van der Waals surface area (Å²) in [7, 11) is -7.08. The molecule has 0 radical (unpaired) electrons. The lowest BCUT2D eigenvalue weighted by Crippen LogP contribution is -2.29. The van der Waals surface area contributed by atoms with E-state index in [1.807, 2.05) is 24.3 Å². The molecule has 28 heavy (non-hydrogen) atoms. The molecule has 5 nitrogen and oxygen atoms in total. The Balaban J connectivity index is 1.95. The van der Waals surface area contributed by atoms with Crippen molar-refractivity contribution in [1.82, 2.24) is 0 Å². The van der Waals surface area contributed by atoms with Crippen LogP contribution >= 0.6 is 11.6 Å². The molecule has 0 N–H and O–H groups in total. The van der Waals surface area contributed by atoms with Crippen molar-refractivity contribution in [2.45, 2.75) is 29.1 Å². The van der Waals surface area contributed by atoms with Gasteiger partial charge < -0.3 is 4.90 Å². The average molecular weight is 442 g/mol. The molecular formula is C20H24ClNO4S2. The van der Waals surface area contributed by atoms with Gasteiger partial charge in [0, 0.05) is 30.6 Å². The maximum Gasteiger partial charge on any atom is 0.177 e. The third-order valence-corrected chi connectivity index (χ3v) is 7.35. The van der Waals surface area contributed by atoms with Gasteiger partial charge in [-0.05, 0) is 61.1 Å². The number of nitrogens with zero attached hydrogens (tertiary/aromatic N) is 1. The molecule has 1 aliphatic carbocycles. The summed E-state index contributed by atoms with van der Waals surface area (Å²) in [5, 5.41) is 0.675. The van der Waals surface area contributed by atoms with Crippen LogP contribution in [0.3, 0.4) is 0 Å². The molecule has 0 saturated heterocycles. The Kier molecular flexibility index (Phi) is 6.08. The van der Waals surface area contributed by atoms with Gasteiger partial charge in [0.1, 0.15) is 0 Å². The van der Waals surface area contributed by atoms with Crippen molar-refractivity contribution in [3.63, 3.8) is 0 Å². The van der Waals surface area contributed by atoms with Crippen LogP contribution < -0.4 is 4.90 Å². The molecular weight excluding hydrogens is 418 g/mol. The highest BCUT2D eigenvalue weighted by Gasteiger charge is 2.27. The minimum atomic E-state index is -3.59. The smallest absolute Gasteiger partial charge is 0.177 e. The zero-order valence-corrected chi connectivity index (χ0v) is 18.3. The van der Waals surface area contributed by atoms with E-state index in [1.54, 1.807) is 6.07 Å². The maximum atomic E-state index is 12.4. The van der Waals surface area contributed by atoms with Crippen molar-refractivity contribution in [3.05, 3.63) is 53.1 Å². The number of anilines is 1. The molecule has 0 heterocycles. The monoisotopic (exact) mass is 441 g/mol. The van der Waals surface area contributed by atoms with E-state index in [-0.39, 0.29) is 9.79 Å². The van der Waals surface area contributed by atoms with E-state index in [9.17, 15) is 16.8 Å². The van der Waals surface area contributed by atoms with Gasteiger partial charge in [0.2, 0.25) is 0 Å². The summed E-state index contributed by atoms with van der Waals surface area (Å²) in [4.78, 5) is 2.14. The van der Waals surface area contributed by atoms with Gasteiger partial charge in [0.25, 0.3) is 0 Å². The third kappa shape index (κ3) is 5.49. The van der Waals surface area contributed by atoms with Gasteiger partial charge in [-0.3, -0.25) is 0 Å². The maximum absolute atomic E-state index is 12.4. The molecule has 3 rings (SSSR count). The molecule has 152 valence electrons. The highest BCUT2D eigenvalue weighted by Crippen LogP contribution is 2.34. The van der Waals surface area contributed by atoms with Crippen molar-refractivity contribution >= 4 is 37.0 Å². The molecule has 1 fully saturated rings. The van der Waals surface area contributed by atoms with E-state index in [0.717, 1.165) is 43.9 Å². The Morgan fingerprint density at radius 1 is 0.964 bits per heavy atom. The van der Waals surface area contributed by atoms with Crippen LogP contribution in [0.5, 0.6) is 0 Å². The topological polar surface area (TPSA) is 71.5 Å². The summed E-state index contributed by atoms with van der Waals surface area (Å²) in [5.41, 5.74) is 1.68. The fourth-order valence-electron chi connectivity index (χ4n) is 3.12. The van der Waals surface area contributed by atoms with E-state index >= 15 is 0 Å². The number of benzene rings is 2. The second-order valence-electron chi connectivity index (χ2n) is 7.44. The summed E-state index contributed by atoms with van der Waals surface area (Å²) in [6.45, 7) is 1.40. The molecule has 1 saturated carbocycles. The SMILES string of the molecule is CS(=O)(=O)c1ccc(N(CCc2ccc(Cl)cc2)CC2CC2)c(S(C)(=O)=O)c1. The van der Waals surface area contributed by atoms with Crippen molar-refractivity contribution in [2.75, 3.05) is 30.5 Å². The van der Waals surface area contributed by atoms with Crippen LogP contribution in [0.1, 0.15) is 18.4 Å². The summed E-state index contributed by atoms with van der Waals surface area (Å²) in [6, 6.07) is 12.0. The number of hydrogen-bond donors (Lipinski definition) is 0. The van der Waals surface area contributed by atoms with Gasteiger partial charge >= 0.3 is 0 Å². The van der Waals surface area contributed by atoms with E-state index < -0.39 is 19.7 Å². The molecule has 0 spiro atoms. The van der Waals surface area contributed by atoms with Gasteiger partial charge in [0.15, 0.2) is 19.7 Å². The summed E-state index contributed by atoms with van der Waals surface area (Å²) in [6.07, 6.45) is 5.20.